The van der Waals surface area contributed by atoms with Gasteiger partial charge in [-0.2, -0.15) is 0 Å². The molecule has 0 spiro atoms. The largest absolute Gasteiger partial charge is 0.388 e. The number of nitrogens with zero attached hydrogens (tertiary/aromatic N) is 1. The molecule has 0 unspecified atom stereocenters. The van der Waals surface area contributed by atoms with E-state index < -0.39 is 6.61 Å². The molecular formula is C27H28N2O3. The van der Waals surface area contributed by atoms with Crippen molar-refractivity contribution in [3.05, 3.63) is 83.4 Å². The minimum absolute atomic E-state index is 0.0137. The van der Waals surface area contributed by atoms with Gasteiger partial charge in [-0.15, -0.1) is 0 Å². The number of nitrogens with one attached hydrogen (secondary N) is 1. The Morgan fingerprint density at radius 3 is 2.41 bits per heavy atom. The number of carbonyl (C=O) groups excluding carboxylic acids is 2. The zero-order valence-corrected chi connectivity index (χ0v) is 18.6. The number of aliphatic hydroxyl groups is 1. The van der Waals surface area contributed by atoms with Gasteiger partial charge in [0.25, 0.3) is 0 Å². The molecule has 32 heavy (non-hydrogen) atoms. The van der Waals surface area contributed by atoms with Crippen molar-refractivity contribution in [3.63, 3.8) is 0 Å². The van der Waals surface area contributed by atoms with E-state index in [0.29, 0.717) is 5.56 Å². The first-order valence-corrected chi connectivity index (χ1v) is 10.9. The standard InChI is InChI=1S/C27H28N2O3/c1-17-5-4-6-21(13-17)22-9-12-26-24(15-22)25(14-18(2)29(26)19(3)31)28-23-10-7-20(8-11-23)27(32)16-30/h4-13,15,18,25,28,30H,14,16H2,1-3H3/t18-,25+/m0/s1. The van der Waals surface area contributed by atoms with Crippen LogP contribution in [0.25, 0.3) is 11.1 Å². The summed E-state index contributed by atoms with van der Waals surface area (Å²) in [6.45, 7) is 5.26. The number of amides is 1. The first kappa shape index (κ1) is 21.8. The van der Waals surface area contributed by atoms with E-state index in [2.05, 4.69) is 55.6 Å². The lowest BCUT2D eigenvalue weighted by molar-refractivity contribution is -0.117. The van der Waals surface area contributed by atoms with Crippen LogP contribution in [0.2, 0.25) is 0 Å². The van der Waals surface area contributed by atoms with Gasteiger partial charge in [0.05, 0.1) is 6.04 Å². The molecule has 5 heteroatoms. The second-order valence-electron chi connectivity index (χ2n) is 8.47. The molecule has 0 aliphatic carbocycles. The highest BCUT2D eigenvalue weighted by Gasteiger charge is 2.32. The molecule has 2 atom stereocenters. The molecule has 1 amide bonds. The van der Waals surface area contributed by atoms with Crippen LogP contribution in [-0.4, -0.2) is 29.4 Å². The highest BCUT2D eigenvalue weighted by Crippen LogP contribution is 2.41. The van der Waals surface area contributed by atoms with Crippen LogP contribution in [0.15, 0.2) is 66.7 Å². The number of hydrogen-bond donors (Lipinski definition) is 2. The maximum atomic E-state index is 12.4. The number of fused-ring (bicyclic) bond motifs is 1. The fourth-order valence-corrected chi connectivity index (χ4v) is 4.53. The lowest BCUT2D eigenvalue weighted by atomic mass is 9.88. The molecule has 3 aromatic carbocycles. The Morgan fingerprint density at radius 1 is 1.03 bits per heavy atom. The minimum Gasteiger partial charge on any atom is -0.388 e. The summed E-state index contributed by atoms with van der Waals surface area (Å²) in [6.07, 6.45) is 0.765. The zero-order chi connectivity index (χ0) is 22.8. The molecule has 2 N–H and O–H groups in total. The van der Waals surface area contributed by atoms with Crippen molar-refractivity contribution in [1.82, 2.24) is 0 Å². The van der Waals surface area contributed by atoms with Crippen molar-refractivity contribution in [1.29, 1.82) is 0 Å². The van der Waals surface area contributed by atoms with Crippen molar-refractivity contribution in [2.24, 2.45) is 0 Å². The molecule has 0 fully saturated rings. The monoisotopic (exact) mass is 428 g/mol. The van der Waals surface area contributed by atoms with Crippen molar-refractivity contribution in [3.8, 4) is 11.1 Å². The summed E-state index contributed by atoms with van der Waals surface area (Å²) >= 11 is 0. The van der Waals surface area contributed by atoms with Crippen LogP contribution < -0.4 is 10.2 Å². The summed E-state index contributed by atoms with van der Waals surface area (Å²) in [6, 6.07) is 21.9. The van der Waals surface area contributed by atoms with Crippen molar-refractivity contribution in [2.45, 2.75) is 39.3 Å². The number of rotatable bonds is 5. The van der Waals surface area contributed by atoms with E-state index in [1.807, 2.05) is 23.1 Å². The number of aryl methyl sites for hydroxylation is 1. The summed E-state index contributed by atoms with van der Waals surface area (Å²) in [5.41, 5.74) is 6.84. The highest BCUT2D eigenvalue weighted by molar-refractivity contribution is 5.97. The number of carbonyl (C=O) groups is 2. The molecular weight excluding hydrogens is 400 g/mol. The van der Waals surface area contributed by atoms with Gasteiger partial charge >= 0.3 is 0 Å². The van der Waals surface area contributed by atoms with Gasteiger partial charge in [-0.25, -0.2) is 0 Å². The van der Waals surface area contributed by atoms with E-state index in [0.717, 1.165) is 34.5 Å². The van der Waals surface area contributed by atoms with Gasteiger partial charge in [-0.1, -0.05) is 35.9 Å². The second kappa shape index (κ2) is 8.97. The number of hydrogen-bond acceptors (Lipinski definition) is 4. The van der Waals surface area contributed by atoms with Crippen LogP contribution in [0.4, 0.5) is 11.4 Å². The van der Waals surface area contributed by atoms with Gasteiger partial charge in [0.2, 0.25) is 5.91 Å². The normalized spacial score (nSPS) is 17.6. The van der Waals surface area contributed by atoms with E-state index in [4.69, 9.17) is 5.11 Å². The van der Waals surface area contributed by atoms with Crippen LogP contribution >= 0.6 is 0 Å². The van der Waals surface area contributed by atoms with Crippen LogP contribution in [-0.2, 0) is 4.79 Å². The van der Waals surface area contributed by atoms with Gasteiger partial charge in [0, 0.05) is 29.9 Å². The third-order valence-electron chi connectivity index (χ3n) is 6.06. The Kier molecular flexibility index (Phi) is 6.10. The Labute approximate surface area is 188 Å². The highest BCUT2D eigenvalue weighted by atomic mass is 16.3. The third kappa shape index (κ3) is 4.30. The van der Waals surface area contributed by atoms with E-state index in [1.165, 1.54) is 5.56 Å². The van der Waals surface area contributed by atoms with Gasteiger partial charge in [-0.3, -0.25) is 9.59 Å². The van der Waals surface area contributed by atoms with Gasteiger partial charge in [0.1, 0.15) is 6.61 Å². The van der Waals surface area contributed by atoms with Crippen molar-refractivity contribution < 1.29 is 14.7 Å². The molecule has 1 heterocycles. The number of Topliss-reactive ketones (excluding diaryl/α,β-unsaturated/α-hetero) is 1. The molecule has 1 aliphatic rings. The summed E-state index contributed by atoms with van der Waals surface area (Å²) < 4.78 is 0. The number of ketones is 1. The first-order chi connectivity index (χ1) is 15.4. The van der Waals surface area contributed by atoms with Crippen molar-refractivity contribution >= 4 is 23.1 Å². The summed E-state index contributed by atoms with van der Waals surface area (Å²) in [4.78, 5) is 26.0. The molecule has 0 radical (unpaired) electrons. The predicted octanol–water partition coefficient (Wildman–Crippen LogP) is 5.14. The quantitative estimate of drug-likeness (QED) is 0.553. The predicted molar refractivity (Wildman–Crippen MR) is 128 cm³/mol. The lowest BCUT2D eigenvalue weighted by Gasteiger charge is -2.39. The number of aliphatic hydroxyl groups excluding tert-OH is 1. The molecule has 4 rings (SSSR count). The fraction of sp³-hybridized carbons (Fsp3) is 0.259. The van der Waals surface area contributed by atoms with Gasteiger partial charge in [0.15, 0.2) is 5.78 Å². The van der Waals surface area contributed by atoms with Gasteiger partial charge < -0.3 is 15.3 Å². The van der Waals surface area contributed by atoms with E-state index >= 15 is 0 Å². The molecule has 0 bridgehead atoms. The number of anilines is 2. The summed E-state index contributed by atoms with van der Waals surface area (Å²) in [7, 11) is 0. The fourth-order valence-electron chi connectivity index (χ4n) is 4.53. The SMILES string of the molecule is CC(=O)N1c2ccc(-c3cccc(C)c3)cc2[C@H](Nc2ccc(C(=O)CO)cc2)C[C@@H]1C. The first-order valence-electron chi connectivity index (χ1n) is 10.9. The average molecular weight is 429 g/mol. The Balaban J connectivity index is 1.72. The topological polar surface area (TPSA) is 69.6 Å². The van der Waals surface area contributed by atoms with E-state index in [-0.39, 0.29) is 23.8 Å². The van der Waals surface area contributed by atoms with Crippen LogP contribution in [0.3, 0.4) is 0 Å². The molecule has 0 aromatic heterocycles. The lowest BCUT2D eigenvalue weighted by Crippen LogP contribution is -2.43. The number of benzene rings is 3. The molecule has 5 nitrogen and oxygen atoms in total. The average Bonchev–Trinajstić information content (AvgIpc) is 2.78. The smallest absolute Gasteiger partial charge is 0.224 e. The Bertz CT molecular complexity index is 1150. The minimum atomic E-state index is -0.497. The maximum Gasteiger partial charge on any atom is 0.224 e. The van der Waals surface area contributed by atoms with Crippen LogP contribution in [0.1, 0.15) is 47.8 Å². The van der Waals surface area contributed by atoms with Crippen molar-refractivity contribution in [2.75, 3.05) is 16.8 Å². The summed E-state index contributed by atoms with van der Waals surface area (Å²) in [5, 5.41) is 12.7. The molecule has 1 aliphatic heterocycles. The maximum absolute atomic E-state index is 12.4. The van der Waals surface area contributed by atoms with E-state index in [9.17, 15) is 9.59 Å². The molecule has 0 saturated heterocycles. The Hall–Kier alpha value is -3.44. The van der Waals surface area contributed by atoms with Crippen LogP contribution in [0, 0.1) is 6.92 Å². The van der Waals surface area contributed by atoms with Gasteiger partial charge in [-0.05, 0) is 73.4 Å². The molecule has 0 saturated carbocycles. The Morgan fingerprint density at radius 2 is 1.75 bits per heavy atom. The molecule has 164 valence electrons. The van der Waals surface area contributed by atoms with Crippen LogP contribution in [0.5, 0.6) is 0 Å². The molecule has 3 aromatic rings. The summed E-state index contributed by atoms with van der Waals surface area (Å²) in [5.74, 6) is -0.263. The second-order valence-corrected chi connectivity index (χ2v) is 8.47. The zero-order valence-electron chi connectivity index (χ0n) is 18.6. The third-order valence-corrected chi connectivity index (χ3v) is 6.06. The van der Waals surface area contributed by atoms with E-state index in [1.54, 1.807) is 19.1 Å².